The molecule has 36 heavy (non-hydrogen) atoms. The summed E-state index contributed by atoms with van der Waals surface area (Å²) in [6.45, 7) is 3.68. The number of aliphatic hydroxyl groups excluding tert-OH is 2. The molecule has 196 valence electrons. The molecule has 0 aromatic heterocycles. The van der Waals surface area contributed by atoms with E-state index in [2.05, 4.69) is 22.3 Å². The molecule has 2 fully saturated rings. The van der Waals surface area contributed by atoms with Crippen LogP contribution < -0.4 is 15.0 Å². The number of halogens is 2. The number of carboxylic acid groups (broad SMARTS) is 1. The van der Waals surface area contributed by atoms with Crippen LogP contribution in [0.1, 0.15) is 24.0 Å². The molecular formula is C26H33Cl2N3O5. The summed E-state index contributed by atoms with van der Waals surface area (Å²) in [5.41, 5.74) is 2.48. The zero-order chi connectivity index (χ0) is 25.7. The minimum Gasteiger partial charge on any atom is -0.490 e. The molecule has 8 nitrogen and oxygen atoms in total. The van der Waals surface area contributed by atoms with Crippen molar-refractivity contribution in [2.75, 3.05) is 44.3 Å². The van der Waals surface area contributed by atoms with Gasteiger partial charge in [-0.1, -0.05) is 35.3 Å². The maximum Gasteiger partial charge on any atom is 0.307 e. The number of likely N-dealkylation sites (tertiary alicyclic amines) is 1. The van der Waals surface area contributed by atoms with Crippen LogP contribution >= 0.6 is 23.2 Å². The van der Waals surface area contributed by atoms with Crippen LogP contribution in [0.15, 0.2) is 36.4 Å². The highest BCUT2D eigenvalue weighted by molar-refractivity contribution is 6.32. The van der Waals surface area contributed by atoms with Gasteiger partial charge in [-0.15, -0.1) is 0 Å². The number of benzene rings is 2. The zero-order valence-electron chi connectivity index (χ0n) is 20.1. The monoisotopic (exact) mass is 537 g/mol. The first-order valence-electron chi connectivity index (χ1n) is 12.3. The third-order valence-electron chi connectivity index (χ3n) is 6.81. The van der Waals surface area contributed by atoms with Gasteiger partial charge in [0.25, 0.3) is 0 Å². The second-order valence-electron chi connectivity index (χ2n) is 9.48. The Morgan fingerprint density at radius 3 is 2.50 bits per heavy atom. The topological polar surface area (TPSA) is 106 Å². The van der Waals surface area contributed by atoms with E-state index in [9.17, 15) is 15.0 Å². The van der Waals surface area contributed by atoms with Crippen LogP contribution in [0.5, 0.6) is 5.75 Å². The van der Waals surface area contributed by atoms with Gasteiger partial charge in [-0.25, -0.2) is 0 Å². The number of nitrogens with one attached hydrogen (secondary N) is 1. The molecule has 10 heteroatoms. The maximum absolute atomic E-state index is 11.5. The lowest BCUT2D eigenvalue weighted by atomic mass is 10.0. The van der Waals surface area contributed by atoms with Crippen LogP contribution in [0.4, 0.5) is 5.69 Å². The Hall–Kier alpha value is -2.07. The molecule has 2 aliphatic rings. The van der Waals surface area contributed by atoms with Gasteiger partial charge in [0.05, 0.1) is 30.2 Å². The number of β-amino-alcohol motifs (C(OH)–C–C–N with tert-alkyl or cyclic N) is 1. The smallest absolute Gasteiger partial charge is 0.307 e. The van der Waals surface area contributed by atoms with Crippen LogP contribution in [0.3, 0.4) is 0 Å². The number of ether oxygens (including phenoxy) is 1. The van der Waals surface area contributed by atoms with Crippen LogP contribution in [0.25, 0.3) is 0 Å². The molecule has 0 unspecified atom stereocenters. The molecule has 0 aliphatic carbocycles. The summed E-state index contributed by atoms with van der Waals surface area (Å²) >= 11 is 12.3. The van der Waals surface area contributed by atoms with Crippen molar-refractivity contribution in [3.63, 3.8) is 0 Å². The fraction of sp³-hybridized carbons (Fsp3) is 0.500. The fourth-order valence-corrected chi connectivity index (χ4v) is 5.37. The number of anilines is 1. The van der Waals surface area contributed by atoms with Gasteiger partial charge in [-0.2, -0.15) is 0 Å². The number of piperidine rings is 1. The first-order valence-corrected chi connectivity index (χ1v) is 13.0. The van der Waals surface area contributed by atoms with E-state index in [1.165, 1.54) is 5.56 Å². The molecule has 4 rings (SSSR count). The summed E-state index contributed by atoms with van der Waals surface area (Å²) in [6.07, 6.45) is 1.20. The summed E-state index contributed by atoms with van der Waals surface area (Å²) in [7, 11) is 0. The van der Waals surface area contributed by atoms with Gasteiger partial charge < -0.3 is 30.3 Å². The number of rotatable bonds is 10. The third-order valence-corrected chi connectivity index (χ3v) is 7.36. The summed E-state index contributed by atoms with van der Waals surface area (Å²) in [5, 5.41) is 34.0. The predicted octanol–water partition coefficient (Wildman–Crippen LogP) is 2.80. The molecule has 0 bridgehead atoms. The maximum atomic E-state index is 11.5. The lowest BCUT2D eigenvalue weighted by Gasteiger charge is -2.34. The van der Waals surface area contributed by atoms with Gasteiger partial charge in [0.1, 0.15) is 12.4 Å². The van der Waals surface area contributed by atoms with Crippen molar-refractivity contribution < 1.29 is 24.9 Å². The number of aliphatic hydroxyl groups is 2. The largest absolute Gasteiger partial charge is 0.490 e. The Balaban J connectivity index is 1.36. The summed E-state index contributed by atoms with van der Waals surface area (Å²) in [4.78, 5) is 15.9. The van der Waals surface area contributed by atoms with Crippen molar-refractivity contribution in [3.05, 3.63) is 57.6 Å². The highest BCUT2D eigenvalue weighted by Crippen LogP contribution is 2.35. The van der Waals surface area contributed by atoms with E-state index in [0.717, 1.165) is 37.5 Å². The third kappa shape index (κ3) is 7.03. The Kier molecular flexibility index (Phi) is 9.33. The first kappa shape index (κ1) is 27.0. The number of hydrogen-bond acceptors (Lipinski definition) is 7. The first-order chi connectivity index (χ1) is 17.3. The predicted molar refractivity (Wildman–Crippen MR) is 140 cm³/mol. The molecule has 2 heterocycles. The van der Waals surface area contributed by atoms with Crippen molar-refractivity contribution >= 4 is 34.9 Å². The second-order valence-corrected chi connectivity index (χ2v) is 10.3. The molecule has 2 atom stereocenters. The van der Waals surface area contributed by atoms with E-state index in [1.807, 2.05) is 17.0 Å². The molecular weight excluding hydrogens is 505 g/mol. The lowest BCUT2D eigenvalue weighted by molar-refractivity contribution is -0.136. The Bertz CT molecular complexity index is 1030. The van der Waals surface area contributed by atoms with Crippen molar-refractivity contribution in [2.45, 2.75) is 44.0 Å². The normalized spacial score (nSPS) is 21.2. The van der Waals surface area contributed by atoms with Gasteiger partial charge in [0.15, 0.2) is 0 Å². The number of carboxylic acids is 1. The summed E-state index contributed by atoms with van der Waals surface area (Å²) < 4.78 is 5.53. The summed E-state index contributed by atoms with van der Waals surface area (Å²) in [6, 6.07) is 11.4. The van der Waals surface area contributed by atoms with Crippen LogP contribution in [0.2, 0.25) is 10.0 Å². The highest BCUT2D eigenvalue weighted by atomic mass is 35.5. The van der Waals surface area contributed by atoms with E-state index in [-0.39, 0.29) is 25.7 Å². The highest BCUT2D eigenvalue weighted by Gasteiger charge is 2.35. The van der Waals surface area contributed by atoms with Crippen molar-refractivity contribution in [3.8, 4) is 5.75 Å². The molecule has 2 aromatic carbocycles. The summed E-state index contributed by atoms with van der Waals surface area (Å²) in [5.74, 6) is -0.579. The molecule has 4 N–H and O–H groups in total. The van der Waals surface area contributed by atoms with E-state index in [1.54, 1.807) is 12.1 Å². The molecule has 2 aliphatic heterocycles. The number of aliphatic carboxylic acids is 1. The Morgan fingerprint density at radius 2 is 1.83 bits per heavy atom. The SMILES string of the molecule is O=C(O)Cc1cc(Cl)c(OCCO)cc1N1C[C@H](NC2CCN(Cc3ccc(Cl)cc3)CC2)[C@@H](O)C1. The molecule has 0 saturated carbocycles. The van der Waals surface area contributed by atoms with Gasteiger partial charge in [-0.05, 0) is 55.3 Å². The number of carbonyl (C=O) groups is 1. The van der Waals surface area contributed by atoms with Crippen molar-refractivity contribution in [1.82, 2.24) is 10.2 Å². The van der Waals surface area contributed by atoms with E-state index >= 15 is 0 Å². The molecule has 2 aromatic rings. The minimum absolute atomic E-state index is 0.0843. The fourth-order valence-electron chi connectivity index (χ4n) is 5.00. The Morgan fingerprint density at radius 1 is 1.11 bits per heavy atom. The molecule has 0 spiro atoms. The molecule has 0 radical (unpaired) electrons. The zero-order valence-corrected chi connectivity index (χ0v) is 21.6. The van der Waals surface area contributed by atoms with E-state index < -0.39 is 12.1 Å². The van der Waals surface area contributed by atoms with E-state index in [0.29, 0.717) is 41.2 Å². The van der Waals surface area contributed by atoms with Crippen molar-refractivity contribution in [1.29, 1.82) is 0 Å². The quantitative estimate of drug-likeness (QED) is 0.366. The van der Waals surface area contributed by atoms with Gasteiger partial charge >= 0.3 is 5.97 Å². The second kappa shape index (κ2) is 12.4. The van der Waals surface area contributed by atoms with Crippen LogP contribution in [-0.2, 0) is 17.8 Å². The van der Waals surface area contributed by atoms with Gasteiger partial charge in [-0.3, -0.25) is 9.69 Å². The Labute approximate surface area is 221 Å². The number of nitrogens with zero attached hydrogens (tertiary/aromatic N) is 2. The van der Waals surface area contributed by atoms with Gasteiger partial charge in [0.2, 0.25) is 0 Å². The number of hydrogen-bond donors (Lipinski definition) is 4. The standard InChI is InChI=1S/C26H33Cl2N3O5/c27-19-3-1-17(2-4-19)14-30-7-5-20(6-8-30)29-22-15-31(16-24(22)33)23-13-25(36-10-9-32)21(28)11-18(23)12-26(34)35/h1-4,11,13,20,22,24,29,32-33H,5-10,12,14-16H2,(H,34,35)/t22-,24-/m0/s1. The van der Waals surface area contributed by atoms with E-state index in [4.69, 9.17) is 33.0 Å². The lowest BCUT2D eigenvalue weighted by Crippen LogP contribution is -2.49. The average Bonchev–Trinajstić information content (AvgIpc) is 3.20. The van der Waals surface area contributed by atoms with Crippen molar-refractivity contribution in [2.24, 2.45) is 0 Å². The molecule has 2 saturated heterocycles. The van der Waals surface area contributed by atoms with Crippen LogP contribution in [0, 0.1) is 0 Å². The average molecular weight is 538 g/mol. The molecule has 0 amide bonds. The van der Waals surface area contributed by atoms with Crippen LogP contribution in [-0.4, -0.2) is 83.8 Å². The van der Waals surface area contributed by atoms with Gasteiger partial charge in [0, 0.05) is 42.5 Å². The minimum atomic E-state index is -0.962.